The van der Waals surface area contributed by atoms with Crippen molar-refractivity contribution in [3.63, 3.8) is 0 Å². The summed E-state index contributed by atoms with van der Waals surface area (Å²) in [6.45, 7) is 6.74. The van der Waals surface area contributed by atoms with Crippen molar-refractivity contribution in [3.8, 4) is 0 Å². The van der Waals surface area contributed by atoms with E-state index in [1.165, 1.54) is 42.6 Å². The molecule has 1 saturated heterocycles. The van der Waals surface area contributed by atoms with Gasteiger partial charge in [0.1, 0.15) is 0 Å². The summed E-state index contributed by atoms with van der Waals surface area (Å²) in [5, 5.41) is 6.91. The van der Waals surface area contributed by atoms with Gasteiger partial charge < -0.3 is 10.6 Å². The predicted octanol–water partition coefficient (Wildman–Crippen LogP) is 2.56. The number of hydrogen-bond acceptors (Lipinski definition) is 2. The first-order valence-electron chi connectivity index (χ1n) is 6.66. The lowest BCUT2D eigenvalue weighted by molar-refractivity contribution is 0.430. The molecule has 0 bridgehead atoms. The number of aryl methyl sites for hydroxylation is 2. The van der Waals surface area contributed by atoms with E-state index < -0.39 is 0 Å². The van der Waals surface area contributed by atoms with E-state index >= 15 is 0 Å². The number of benzene rings is 1. The van der Waals surface area contributed by atoms with Crippen molar-refractivity contribution in [3.05, 3.63) is 34.9 Å². The van der Waals surface area contributed by atoms with Crippen LogP contribution >= 0.6 is 0 Å². The molecule has 2 atom stereocenters. The summed E-state index contributed by atoms with van der Waals surface area (Å²) in [5.41, 5.74) is 4.21. The molecule has 0 saturated carbocycles. The second-order valence-electron chi connectivity index (χ2n) is 5.28. The Morgan fingerprint density at radius 1 is 1.35 bits per heavy atom. The average molecular weight is 232 g/mol. The molecule has 2 heteroatoms. The third-order valence-electron chi connectivity index (χ3n) is 4.01. The van der Waals surface area contributed by atoms with Crippen LogP contribution in [0.1, 0.15) is 35.6 Å². The fourth-order valence-electron chi connectivity index (χ4n) is 2.65. The zero-order chi connectivity index (χ0) is 12.3. The van der Waals surface area contributed by atoms with Crippen LogP contribution in [0.25, 0.3) is 0 Å². The Morgan fingerprint density at radius 3 is 2.76 bits per heavy atom. The highest BCUT2D eigenvalue weighted by Crippen LogP contribution is 2.25. The van der Waals surface area contributed by atoms with Crippen LogP contribution in [-0.4, -0.2) is 20.1 Å². The molecule has 0 spiro atoms. The third kappa shape index (κ3) is 3.08. The minimum atomic E-state index is 0.499. The lowest BCUT2D eigenvalue weighted by atomic mass is 9.92. The Bertz CT molecular complexity index is 367. The van der Waals surface area contributed by atoms with Gasteiger partial charge in [-0.2, -0.15) is 0 Å². The van der Waals surface area contributed by atoms with E-state index in [2.05, 4.69) is 49.7 Å². The molecule has 2 unspecified atom stereocenters. The van der Waals surface area contributed by atoms with Gasteiger partial charge in [0.05, 0.1) is 0 Å². The fraction of sp³-hybridized carbons (Fsp3) is 0.600. The summed E-state index contributed by atoms with van der Waals surface area (Å²) >= 11 is 0. The molecule has 0 aliphatic carbocycles. The van der Waals surface area contributed by atoms with Gasteiger partial charge in [0.2, 0.25) is 0 Å². The number of nitrogens with one attached hydrogen (secondary N) is 2. The molecular formula is C15H24N2. The molecule has 0 radical (unpaired) electrons. The van der Waals surface area contributed by atoms with Crippen LogP contribution in [0.5, 0.6) is 0 Å². The largest absolute Gasteiger partial charge is 0.316 e. The molecule has 1 aromatic carbocycles. The highest BCUT2D eigenvalue weighted by atomic mass is 14.9. The first-order valence-corrected chi connectivity index (χ1v) is 6.66. The monoisotopic (exact) mass is 232 g/mol. The van der Waals surface area contributed by atoms with Crippen molar-refractivity contribution in [2.45, 2.75) is 32.7 Å². The highest BCUT2D eigenvalue weighted by Gasteiger charge is 2.20. The molecule has 0 amide bonds. The van der Waals surface area contributed by atoms with E-state index in [-0.39, 0.29) is 0 Å². The average Bonchev–Trinajstić information content (AvgIpc) is 2.82. The summed E-state index contributed by atoms with van der Waals surface area (Å²) in [7, 11) is 2.07. The topological polar surface area (TPSA) is 24.1 Å². The predicted molar refractivity (Wildman–Crippen MR) is 73.3 cm³/mol. The van der Waals surface area contributed by atoms with Crippen LogP contribution in [0, 0.1) is 19.8 Å². The Morgan fingerprint density at radius 2 is 2.18 bits per heavy atom. The maximum atomic E-state index is 3.46. The Kier molecular flexibility index (Phi) is 4.19. The van der Waals surface area contributed by atoms with E-state index in [9.17, 15) is 0 Å². The molecule has 1 aliphatic rings. The number of hydrogen-bond donors (Lipinski definition) is 2. The van der Waals surface area contributed by atoms with E-state index in [1.54, 1.807) is 0 Å². The molecule has 2 nitrogen and oxygen atoms in total. The van der Waals surface area contributed by atoms with Gasteiger partial charge in [-0.1, -0.05) is 18.2 Å². The summed E-state index contributed by atoms with van der Waals surface area (Å²) in [4.78, 5) is 0. The number of rotatable bonds is 4. The molecule has 1 heterocycles. The second kappa shape index (κ2) is 5.65. The van der Waals surface area contributed by atoms with Gasteiger partial charge in [0.25, 0.3) is 0 Å². The lowest BCUT2D eigenvalue weighted by Crippen LogP contribution is -2.21. The third-order valence-corrected chi connectivity index (χ3v) is 4.01. The zero-order valence-corrected chi connectivity index (χ0v) is 11.2. The molecule has 1 fully saturated rings. The van der Waals surface area contributed by atoms with Crippen LogP contribution in [-0.2, 0) is 0 Å². The molecule has 17 heavy (non-hydrogen) atoms. The maximum absolute atomic E-state index is 3.46. The maximum Gasteiger partial charge on any atom is 0.0320 e. The first kappa shape index (κ1) is 12.6. The standard InChI is InChI=1S/C15H24N2/c1-11-4-5-14(8-12(11)2)15(16-3)9-13-6-7-17-10-13/h4-5,8,13,15-17H,6-7,9-10H2,1-3H3. The van der Waals surface area contributed by atoms with Crippen molar-refractivity contribution in [1.29, 1.82) is 0 Å². The molecule has 0 aromatic heterocycles. The smallest absolute Gasteiger partial charge is 0.0320 e. The minimum Gasteiger partial charge on any atom is -0.316 e. The van der Waals surface area contributed by atoms with Crippen molar-refractivity contribution in [1.82, 2.24) is 10.6 Å². The van der Waals surface area contributed by atoms with E-state index in [1.807, 2.05) is 0 Å². The zero-order valence-electron chi connectivity index (χ0n) is 11.2. The first-order chi connectivity index (χ1) is 8.20. The minimum absolute atomic E-state index is 0.499. The molecule has 2 rings (SSSR count). The summed E-state index contributed by atoms with van der Waals surface area (Å²) in [6.07, 6.45) is 2.56. The molecule has 1 aromatic rings. The van der Waals surface area contributed by atoms with Gasteiger partial charge in [-0.3, -0.25) is 0 Å². The van der Waals surface area contributed by atoms with E-state index in [4.69, 9.17) is 0 Å². The van der Waals surface area contributed by atoms with Crippen LogP contribution in [0.2, 0.25) is 0 Å². The Labute approximate surface area is 105 Å². The van der Waals surface area contributed by atoms with Crippen molar-refractivity contribution >= 4 is 0 Å². The Hall–Kier alpha value is -0.860. The summed E-state index contributed by atoms with van der Waals surface area (Å²) in [6, 6.07) is 7.34. The summed E-state index contributed by atoms with van der Waals surface area (Å²) in [5.74, 6) is 0.828. The van der Waals surface area contributed by atoms with Crippen molar-refractivity contribution < 1.29 is 0 Å². The van der Waals surface area contributed by atoms with Crippen LogP contribution in [0.15, 0.2) is 18.2 Å². The van der Waals surface area contributed by atoms with Crippen LogP contribution in [0.4, 0.5) is 0 Å². The van der Waals surface area contributed by atoms with E-state index in [0.29, 0.717) is 6.04 Å². The van der Waals surface area contributed by atoms with Gasteiger partial charge in [0, 0.05) is 6.04 Å². The van der Waals surface area contributed by atoms with Crippen LogP contribution in [0.3, 0.4) is 0 Å². The van der Waals surface area contributed by atoms with Crippen molar-refractivity contribution in [2.75, 3.05) is 20.1 Å². The van der Waals surface area contributed by atoms with Gasteiger partial charge in [-0.15, -0.1) is 0 Å². The SMILES string of the molecule is CNC(CC1CCNC1)c1ccc(C)c(C)c1. The van der Waals surface area contributed by atoms with Gasteiger partial charge in [-0.05, 0) is 69.4 Å². The lowest BCUT2D eigenvalue weighted by Gasteiger charge is -2.21. The van der Waals surface area contributed by atoms with Crippen molar-refractivity contribution in [2.24, 2.45) is 5.92 Å². The quantitative estimate of drug-likeness (QED) is 0.833. The molecular weight excluding hydrogens is 208 g/mol. The fourth-order valence-corrected chi connectivity index (χ4v) is 2.65. The second-order valence-corrected chi connectivity index (χ2v) is 5.28. The summed E-state index contributed by atoms with van der Waals surface area (Å²) < 4.78 is 0. The highest BCUT2D eigenvalue weighted by molar-refractivity contribution is 5.31. The molecule has 2 N–H and O–H groups in total. The molecule has 94 valence electrons. The van der Waals surface area contributed by atoms with Gasteiger partial charge in [-0.25, -0.2) is 0 Å². The van der Waals surface area contributed by atoms with Gasteiger partial charge in [0.15, 0.2) is 0 Å². The van der Waals surface area contributed by atoms with E-state index in [0.717, 1.165) is 5.92 Å². The van der Waals surface area contributed by atoms with Gasteiger partial charge >= 0.3 is 0 Å². The normalized spacial score (nSPS) is 21.7. The van der Waals surface area contributed by atoms with Crippen LogP contribution < -0.4 is 10.6 Å². The molecule has 1 aliphatic heterocycles. The Balaban J connectivity index is 2.08.